The molecule has 0 aliphatic carbocycles. The Kier molecular flexibility index (Phi) is 4.64. The van der Waals surface area contributed by atoms with Crippen molar-refractivity contribution in [1.82, 2.24) is 10.2 Å². The molecule has 0 atom stereocenters. The lowest BCUT2D eigenvalue weighted by Crippen LogP contribution is -2.16. The second kappa shape index (κ2) is 7.27. The molecular weight excluding hydrogens is 376 g/mol. The highest BCUT2D eigenvalue weighted by atomic mass is 19.1. The van der Waals surface area contributed by atoms with Crippen LogP contribution in [0.3, 0.4) is 0 Å². The van der Waals surface area contributed by atoms with Crippen LogP contribution in [0, 0.1) is 11.6 Å². The predicted molar refractivity (Wildman–Crippen MR) is 106 cm³/mol. The average Bonchev–Trinajstić information content (AvgIpc) is 3.10. The molecule has 0 bridgehead atoms. The topological polar surface area (TPSA) is 74.8 Å². The largest absolute Gasteiger partial charge is 0.304 e. The molecule has 0 aliphatic rings. The molecule has 3 aromatic carbocycles. The highest BCUT2D eigenvalue weighted by Gasteiger charge is 2.19. The number of hydrogen-bond acceptors (Lipinski definition) is 3. The summed E-state index contributed by atoms with van der Waals surface area (Å²) in [6.07, 6.45) is 0. The number of ketones is 1. The summed E-state index contributed by atoms with van der Waals surface area (Å²) in [4.78, 5) is 23.9. The van der Waals surface area contributed by atoms with Crippen molar-refractivity contribution in [1.29, 1.82) is 0 Å². The molecule has 0 unspecified atom stereocenters. The van der Waals surface area contributed by atoms with Gasteiger partial charge in [-0.05, 0) is 48.4 Å². The van der Waals surface area contributed by atoms with Gasteiger partial charge in [-0.3, -0.25) is 14.7 Å². The molecule has 2 N–H and O–H groups in total. The van der Waals surface area contributed by atoms with Crippen LogP contribution in [0.1, 0.15) is 27.6 Å². The quantitative estimate of drug-likeness (QED) is 0.483. The molecule has 0 spiro atoms. The van der Waals surface area contributed by atoms with Gasteiger partial charge >= 0.3 is 0 Å². The number of rotatable bonds is 4. The van der Waals surface area contributed by atoms with Gasteiger partial charge in [0.2, 0.25) is 0 Å². The number of nitrogens with one attached hydrogen (secondary N) is 2. The standard InChI is InChI=1S/C22H15F2N3O2/c1-12(28)13-4-2-5-14(10-13)15-8-9-16-19(11-15)26-27-21(16)25-22(29)20-17(23)6-3-7-18(20)24/h2-11H,1H3,(H2,25,26,27,29). The van der Waals surface area contributed by atoms with Gasteiger partial charge in [-0.15, -0.1) is 0 Å². The molecule has 144 valence electrons. The fourth-order valence-electron chi connectivity index (χ4n) is 3.10. The first-order valence-electron chi connectivity index (χ1n) is 8.79. The minimum absolute atomic E-state index is 0.0279. The van der Waals surface area contributed by atoms with E-state index in [1.54, 1.807) is 24.3 Å². The lowest BCUT2D eigenvalue weighted by atomic mass is 10.0. The zero-order valence-corrected chi connectivity index (χ0v) is 15.3. The fourth-order valence-corrected chi connectivity index (χ4v) is 3.10. The van der Waals surface area contributed by atoms with E-state index in [9.17, 15) is 18.4 Å². The van der Waals surface area contributed by atoms with Crippen LogP contribution in [0.15, 0.2) is 60.7 Å². The Morgan fingerprint density at radius 3 is 2.34 bits per heavy atom. The summed E-state index contributed by atoms with van der Waals surface area (Å²) in [7, 11) is 0. The van der Waals surface area contributed by atoms with Crippen molar-refractivity contribution in [2.24, 2.45) is 0 Å². The minimum Gasteiger partial charge on any atom is -0.304 e. The van der Waals surface area contributed by atoms with Gasteiger partial charge in [0, 0.05) is 10.9 Å². The summed E-state index contributed by atoms with van der Waals surface area (Å²) < 4.78 is 27.6. The van der Waals surface area contributed by atoms with E-state index >= 15 is 0 Å². The van der Waals surface area contributed by atoms with E-state index in [-0.39, 0.29) is 11.6 Å². The summed E-state index contributed by atoms with van der Waals surface area (Å²) >= 11 is 0. The average molecular weight is 391 g/mol. The molecule has 1 aromatic heterocycles. The number of fused-ring (bicyclic) bond motifs is 1. The number of benzene rings is 3. The van der Waals surface area contributed by atoms with Crippen molar-refractivity contribution in [3.05, 3.63) is 83.4 Å². The molecule has 0 saturated heterocycles. The molecule has 4 rings (SSSR count). The molecule has 5 nitrogen and oxygen atoms in total. The normalized spacial score (nSPS) is 10.9. The number of hydrogen-bond donors (Lipinski definition) is 2. The van der Waals surface area contributed by atoms with E-state index < -0.39 is 23.1 Å². The minimum atomic E-state index is -0.949. The van der Waals surface area contributed by atoms with Crippen LogP contribution < -0.4 is 5.32 Å². The van der Waals surface area contributed by atoms with Crippen molar-refractivity contribution >= 4 is 28.4 Å². The Balaban J connectivity index is 1.66. The Morgan fingerprint density at radius 2 is 1.62 bits per heavy atom. The molecular formula is C22H15F2N3O2. The third-order valence-corrected chi connectivity index (χ3v) is 4.59. The maximum atomic E-state index is 13.8. The summed E-state index contributed by atoms with van der Waals surface area (Å²) in [5, 5.41) is 9.87. The number of aromatic nitrogens is 2. The van der Waals surface area contributed by atoms with E-state index in [4.69, 9.17) is 0 Å². The SMILES string of the molecule is CC(=O)c1cccc(-c2ccc3c(NC(=O)c4c(F)cccc4F)n[nH]c3c2)c1. The summed E-state index contributed by atoms with van der Waals surface area (Å²) in [6, 6.07) is 15.8. The maximum Gasteiger partial charge on any atom is 0.262 e. The van der Waals surface area contributed by atoms with Crippen molar-refractivity contribution < 1.29 is 18.4 Å². The van der Waals surface area contributed by atoms with Crippen LogP contribution in [0.5, 0.6) is 0 Å². The van der Waals surface area contributed by atoms with Gasteiger partial charge in [-0.1, -0.05) is 30.3 Å². The Hall–Kier alpha value is -3.87. The monoisotopic (exact) mass is 391 g/mol. The van der Waals surface area contributed by atoms with E-state index in [0.717, 1.165) is 23.3 Å². The molecule has 0 radical (unpaired) electrons. The van der Waals surface area contributed by atoms with Crippen molar-refractivity contribution in [3.8, 4) is 11.1 Å². The second-order valence-corrected chi connectivity index (χ2v) is 6.52. The van der Waals surface area contributed by atoms with Crippen LogP contribution in [0.4, 0.5) is 14.6 Å². The molecule has 29 heavy (non-hydrogen) atoms. The lowest BCUT2D eigenvalue weighted by Gasteiger charge is -2.06. The molecule has 1 heterocycles. The van der Waals surface area contributed by atoms with Gasteiger partial charge in [0.25, 0.3) is 5.91 Å². The van der Waals surface area contributed by atoms with Crippen LogP contribution in [0.25, 0.3) is 22.0 Å². The maximum absolute atomic E-state index is 13.8. The number of H-pyrrole nitrogens is 1. The predicted octanol–water partition coefficient (Wildman–Crippen LogP) is 4.96. The van der Waals surface area contributed by atoms with E-state index in [1.807, 2.05) is 18.2 Å². The molecule has 1 amide bonds. The molecule has 0 saturated carbocycles. The van der Waals surface area contributed by atoms with Crippen molar-refractivity contribution in [2.75, 3.05) is 5.32 Å². The van der Waals surface area contributed by atoms with Crippen LogP contribution >= 0.6 is 0 Å². The van der Waals surface area contributed by atoms with Gasteiger partial charge in [0.1, 0.15) is 17.2 Å². The number of aromatic amines is 1. The number of carbonyl (C=O) groups is 2. The molecule has 0 aliphatic heterocycles. The zero-order chi connectivity index (χ0) is 20.5. The first kappa shape index (κ1) is 18.5. The number of carbonyl (C=O) groups excluding carboxylic acids is 2. The van der Waals surface area contributed by atoms with Gasteiger partial charge in [0.15, 0.2) is 11.6 Å². The Labute approximate surface area is 164 Å². The molecule has 7 heteroatoms. The van der Waals surface area contributed by atoms with Crippen LogP contribution in [0.2, 0.25) is 0 Å². The van der Waals surface area contributed by atoms with E-state index in [0.29, 0.717) is 16.5 Å². The zero-order valence-electron chi connectivity index (χ0n) is 15.3. The number of anilines is 1. The number of halogens is 2. The third kappa shape index (κ3) is 3.50. The van der Waals surface area contributed by atoms with Gasteiger partial charge in [-0.2, -0.15) is 5.10 Å². The first-order chi connectivity index (χ1) is 13.9. The lowest BCUT2D eigenvalue weighted by molar-refractivity contribution is 0.100. The highest BCUT2D eigenvalue weighted by Crippen LogP contribution is 2.28. The second-order valence-electron chi connectivity index (χ2n) is 6.52. The van der Waals surface area contributed by atoms with E-state index in [1.165, 1.54) is 13.0 Å². The van der Waals surface area contributed by atoms with Crippen molar-refractivity contribution in [3.63, 3.8) is 0 Å². The highest BCUT2D eigenvalue weighted by molar-refractivity contribution is 6.08. The first-order valence-corrected chi connectivity index (χ1v) is 8.79. The molecule has 4 aromatic rings. The van der Waals surface area contributed by atoms with Gasteiger partial charge in [0.05, 0.1) is 5.52 Å². The van der Waals surface area contributed by atoms with Crippen LogP contribution in [-0.4, -0.2) is 21.9 Å². The number of Topliss-reactive ketones (excluding diaryl/α,β-unsaturated/α-hetero) is 1. The van der Waals surface area contributed by atoms with Crippen LogP contribution in [-0.2, 0) is 0 Å². The van der Waals surface area contributed by atoms with Crippen molar-refractivity contribution in [2.45, 2.75) is 6.92 Å². The Bertz CT molecular complexity index is 1240. The Morgan fingerprint density at radius 1 is 0.931 bits per heavy atom. The number of nitrogens with zero attached hydrogens (tertiary/aromatic N) is 1. The third-order valence-electron chi connectivity index (χ3n) is 4.59. The summed E-state index contributed by atoms with van der Waals surface area (Å²) in [5.41, 5.74) is 2.27. The van der Waals surface area contributed by atoms with E-state index in [2.05, 4.69) is 15.5 Å². The molecule has 0 fully saturated rings. The number of amides is 1. The summed E-state index contributed by atoms with van der Waals surface area (Å²) in [6.45, 7) is 1.50. The fraction of sp³-hybridized carbons (Fsp3) is 0.0455. The van der Waals surface area contributed by atoms with Gasteiger partial charge < -0.3 is 5.32 Å². The van der Waals surface area contributed by atoms with Gasteiger partial charge in [-0.25, -0.2) is 8.78 Å². The smallest absolute Gasteiger partial charge is 0.262 e. The summed E-state index contributed by atoms with van der Waals surface area (Å²) in [5.74, 6) is -2.69.